The van der Waals surface area contributed by atoms with E-state index in [2.05, 4.69) is 3.63 Å². The summed E-state index contributed by atoms with van der Waals surface area (Å²) in [6, 6.07) is 7.00. The molecule has 1 amide bonds. The molecule has 0 radical (unpaired) electrons. The highest BCUT2D eigenvalue weighted by molar-refractivity contribution is 8.33. The van der Waals surface area contributed by atoms with Crippen LogP contribution in [-0.4, -0.2) is 55.1 Å². The molecule has 0 bridgehead atoms. The Morgan fingerprint density at radius 3 is 2.27 bits per heavy atom. The standard InChI is InChI=1S/C19H19F6NO5S2/c1-2-32(31-33(28,29)19(23,24)25)10-8-26(9-11-32)17(27)16-7-6-15(30-16)13-4-3-5-14(12-13)18(20,21)22/h3-7,12H,2,8-11H2,1H3. The van der Waals surface area contributed by atoms with Gasteiger partial charge in [-0.25, -0.2) is 3.63 Å². The van der Waals surface area contributed by atoms with Crippen molar-refractivity contribution in [3.8, 4) is 11.3 Å². The largest absolute Gasteiger partial charge is 0.523 e. The number of furan rings is 1. The lowest BCUT2D eigenvalue weighted by atomic mass is 10.1. The minimum atomic E-state index is -5.76. The van der Waals surface area contributed by atoms with Crippen molar-refractivity contribution < 1.29 is 47.6 Å². The zero-order valence-electron chi connectivity index (χ0n) is 17.1. The van der Waals surface area contributed by atoms with Gasteiger partial charge in [0.25, 0.3) is 5.91 Å². The Hall–Kier alpha value is -2.19. The van der Waals surface area contributed by atoms with E-state index in [1.54, 1.807) is 0 Å². The lowest BCUT2D eigenvalue weighted by Crippen LogP contribution is -2.44. The van der Waals surface area contributed by atoms with Crippen molar-refractivity contribution >= 4 is 26.3 Å². The van der Waals surface area contributed by atoms with E-state index in [0.29, 0.717) is 0 Å². The lowest BCUT2D eigenvalue weighted by molar-refractivity contribution is -0.137. The van der Waals surface area contributed by atoms with Gasteiger partial charge in [-0.3, -0.25) is 4.79 Å². The summed E-state index contributed by atoms with van der Waals surface area (Å²) in [5.74, 6) is -0.835. The molecule has 1 aliphatic heterocycles. The quantitative estimate of drug-likeness (QED) is 0.409. The third-order valence-electron chi connectivity index (χ3n) is 5.09. The Morgan fingerprint density at radius 2 is 1.73 bits per heavy atom. The third-order valence-corrected chi connectivity index (χ3v) is 10.4. The van der Waals surface area contributed by atoms with E-state index in [4.69, 9.17) is 4.42 Å². The van der Waals surface area contributed by atoms with Crippen LogP contribution < -0.4 is 0 Å². The summed E-state index contributed by atoms with van der Waals surface area (Å²) in [6.07, 6.45) is -4.55. The molecule has 1 fully saturated rings. The smallest absolute Gasteiger partial charge is 0.451 e. The average molecular weight is 519 g/mol. The first-order valence-corrected chi connectivity index (χ1v) is 13.0. The molecule has 2 heterocycles. The second kappa shape index (κ2) is 8.87. The molecule has 1 aromatic heterocycles. The number of carbonyl (C=O) groups excluding carboxylic acids is 1. The zero-order valence-corrected chi connectivity index (χ0v) is 18.7. The van der Waals surface area contributed by atoms with E-state index in [-0.39, 0.29) is 47.4 Å². The molecule has 1 saturated heterocycles. The van der Waals surface area contributed by atoms with Crippen LogP contribution in [0.4, 0.5) is 26.3 Å². The molecule has 0 unspecified atom stereocenters. The Kier molecular flexibility index (Phi) is 6.84. The molecule has 0 aliphatic carbocycles. The van der Waals surface area contributed by atoms with Crippen LogP contribution in [0.5, 0.6) is 0 Å². The van der Waals surface area contributed by atoms with E-state index in [1.165, 1.54) is 36.1 Å². The maximum Gasteiger partial charge on any atom is 0.523 e. The minimum absolute atomic E-state index is 0.0367. The maximum atomic E-state index is 12.9. The summed E-state index contributed by atoms with van der Waals surface area (Å²) in [4.78, 5) is 14.0. The highest BCUT2D eigenvalue weighted by Gasteiger charge is 2.51. The monoisotopic (exact) mass is 519 g/mol. The number of hydrogen-bond donors (Lipinski definition) is 0. The van der Waals surface area contributed by atoms with Gasteiger partial charge in [-0.1, -0.05) is 19.1 Å². The van der Waals surface area contributed by atoms with Crippen LogP contribution in [0, 0.1) is 0 Å². The number of hydrogen-bond acceptors (Lipinski definition) is 5. The van der Waals surface area contributed by atoms with Crippen LogP contribution in [0.25, 0.3) is 11.3 Å². The van der Waals surface area contributed by atoms with Crippen LogP contribution in [-0.2, 0) is 19.9 Å². The van der Waals surface area contributed by atoms with Gasteiger partial charge in [0.15, 0.2) is 5.76 Å². The number of benzene rings is 1. The molecule has 3 rings (SSSR count). The molecule has 0 N–H and O–H groups in total. The molecule has 1 aromatic carbocycles. The SMILES string of the molecule is CCS1(OS(=O)(=O)C(F)(F)F)CCN(C(=O)c2ccc(-c3cccc(C(F)(F)F)c3)o2)CC1. The fraction of sp³-hybridized carbons (Fsp3) is 0.421. The van der Waals surface area contributed by atoms with Crippen molar-refractivity contribution in [1.29, 1.82) is 0 Å². The number of halogens is 6. The molecule has 14 heteroatoms. The number of amides is 1. The van der Waals surface area contributed by atoms with Crippen LogP contribution in [0.15, 0.2) is 40.8 Å². The van der Waals surface area contributed by atoms with Gasteiger partial charge in [0.2, 0.25) is 0 Å². The van der Waals surface area contributed by atoms with Crippen LogP contribution in [0.1, 0.15) is 23.0 Å². The Labute approximate surface area is 187 Å². The van der Waals surface area contributed by atoms with Gasteiger partial charge in [-0.2, -0.15) is 34.8 Å². The van der Waals surface area contributed by atoms with Gasteiger partial charge < -0.3 is 9.32 Å². The zero-order chi connectivity index (χ0) is 24.7. The average Bonchev–Trinajstić information content (AvgIpc) is 3.22. The van der Waals surface area contributed by atoms with Crippen LogP contribution in [0.2, 0.25) is 0 Å². The summed E-state index contributed by atoms with van der Waals surface area (Å²) in [7, 11) is -8.38. The summed E-state index contributed by atoms with van der Waals surface area (Å²) in [5, 5.41) is 0. The molecule has 33 heavy (non-hydrogen) atoms. The van der Waals surface area contributed by atoms with E-state index in [1.807, 2.05) is 0 Å². The summed E-state index contributed by atoms with van der Waals surface area (Å²) < 4.78 is 110. The fourth-order valence-electron chi connectivity index (χ4n) is 3.22. The highest BCUT2D eigenvalue weighted by Crippen LogP contribution is 2.53. The lowest BCUT2D eigenvalue weighted by Gasteiger charge is -2.44. The molecule has 1 aliphatic rings. The predicted octanol–water partition coefficient (Wildman–Crippen LogP) is 5.03. The Bertz CT molecular complexity index is 1120. The fourth-order valence-corrected chi connectivity index (χ4v) is 7.86. The van der Waals surface area contributed by atoms with Crippen molar-refractivity contribution in [1.82, 2.24) is 4.90 Å². The van der Waals surface area contributed by atoms with E-state index in [0.717, 1.165) is 12.1 Å². The third kappa shape index (κ3) is 5.49. The van der Waals surface area contributed by atoms with Crippen LogP contribution >= 0.6 is 10.3 Å². The highest BCUT2D eigenvalue weighted by atomic mass is 32.3. The number of alkyl halides is 6. The molecule has 0 spiro atoms. The molecular weight excluding hydrogens is 500 g/mol. The summed E-state index contributed by atoms with van der Waals surface area (Å²) in [6.45, 7) is 1.40. The molecular formula is C19H19F6NO5S2. The van der Waals surface area contributed by atoms with Crippen molar-refractivity contribution in [3.05, 3.63) is 47.7 Å². The van der Waals surface area contributed by atoms with Crippen LogP contribution in [0.3, 0.4) is 0 Å². The van der Waals surface area contributed by atoms with E-state index >= 15 is 0 Å². The number of carbonyl (C=O) groups is 1. The normalized spacial score (nSPS) is 18.2. The van der Waals surface area contributed by atoms with Gasteiger partial charge in [0.05, 0.1) is 5.56 Å². The second-order valence-corrected chi connectivity index (χ2v) is 12.4. The predicted molar refractivity (Wildman–Crippen MR) is 109 cm³/mol. The first kappa shape index (κ1) is 25.4. The van der Waals surface area contributed by atoms with Gasteiger partial charge in [0.1, 0.15) is 5.76 Å². The number of nitrogens with zero attached hydrogens (tertiary/aromatic N) is 1. The Balaban J connectivity index is 1.71. The minimum Gasteiger partial charge on any atom is -0.451 e. The van der Waals surface area contributed by atoms with Crippen molar-refractivity contribution in [2.75, 3.05) is 30.3 Å². The summed E-state index contributed by atoms with van der Waals surface area (Å²) >= 11 is 0. The summed E-state index contributed by atoms with van der Waals surface area (Å²) in [5.41, 5.74) is -6.31. The van der Waals surface area contributed by atoms with Gasteiger partial charge in [-0.15, -0.1) is 10.3 Å². The van der Waals surface area contributed by atoms with Gasteiger partial charge >= 0.3 is 21.8 Å². The molecule has 6 nitrogen and oxygen atoms in total. The van der Waals surface area contributed by atoms with Crippen molar-refractivity contribution in [3.63, 3.8) is 0 Å². The van der Waals surface area contributed by atoms with Gasteiger partial charge in [0, 0.05) is 30.2 Å². The van der Waals surface area contributed by atoms with E-state index in [9.17, 15) is 39.6 Å². The first-order valence-electron chi connectivity index (χ1n) is 9.53. The number of rotatable bonds is 5. The second-order valence-electron chi connectivity index (χ2n) is 7.17. The maximum absolute atomic E-state index is 12.9. The molecule has 2 aromatic rings. The first-order chi connectivity index (χ1) is 15.2. The van der Waals surface area contributed by atoms with Crippen molar-refractivity contribution in [2.45, 2.75) is 18.6 Å². The molecule has 184 valence electrons. The van der Waals surface area contributed by atoms with Gasteiger partial charge in [-0.05, 0) is 30.0 Å². The van der Waals surface area contributed by atoms with Crippen molar-refractivity contribution in [2.24, 2.45) is 0 Å². The topological polar surface area (TPSA) is 76.8 Å². The molecule has 0 saturated carbocycles. The molecule has 0 atom stereocenters. The Morgan fingerprint density at radius 1 is 1.09 bits per heavy atom. The van der Waals surface area contributed by atoms with E-state index < -0.39 is 43.6 Å².